The number of nitrogens with two attached hydrogens (primary N) is 1. The molecule has 0 radical (unpaired) electrons. The lowest BCUT2D eigenvalue weighted by Gasteiger charge is -2.09. The number of anilines is 1. The van der Waals surface area contributed by atoms with Crippen LogP contribution < -0.4 is 10.5 Å². The zero-order valence-electron chi connectivity index (χ0n) is 12.2. The molecule has 3 aromatic rings. The van der Waals surface area contributed by atoms with Crippen molar-refractivity contribution in [3.63, 3.8) is 0 Å². The molecule has 5 heteroatoms. The summed E-state index contributed by atoms with van der Waals surface area (Å²) in [6.07, 6.45) is 0. The second kappa shape index (κ2) is 5.33. The van der Waals surface area contributed by atoms with E-state index in [9.17, 15) is 0 Å². The largest absolute Gasteiger partial charge is 0.497 e. The number of nitrogens with zero attached hydrogens (tertiary/aromatic N) is 1. The molecule has 0 saturated heterocycles. The number of aromatic amines is 1. The van der Waals surface area contributed by atoms with Crippen molar-refractivity contribution in [2.75, 3.05) is 12.8 Å². The lowest BCUT2D eigenvalue weighted by atomic mass is 10.1. The van der Waals surface area contributed by atoms with Gasteiger partial charge in [0.2, 0.25) is 0 Å². The van der Waals surface area contributed by atoms with E-state index in [0.29, 0.717) is 0 Å². The SMILES string of the molecule is COc1ccc2nc(Sc3c(C)ccc(N)c3C)[nH]c2c1. The van der Waals surface area contributed by atoms with Crippen LogP contribution in [0.1, 0.15) is 11.1 Å². The monoisotopic (exact) mass is 299 g/mol. The molecule has 3 rings (SSSR count). The number of nitrogens with one attached hydrogen (secondary N) is 1. The molecule has 0 bridgehead atoms. The van der Waals surface area contributed by atoms with Gasteiger partial charge in [-0.15, -0.1) is 0 Å². The van der Waals surface area contributed by atoms with Crippen LogP contribution in [0, 0.1) is 13.8 Å². The average molecular weight is 299 g/mol. The van der Waals surface area contributed by atoms with Crippen LogP contribution in [0.5, 0.6) is 5.75 Å². The van der Waals surface area contributed by atoms with E-state index >= 15 is 0 Å². The zero-order valence-corrected chi connectivity index (χ0v) is 13.0. The van der Waals surface area contributed by atoms with Crippen molar-refractivity contribution in [1.82, 2.24) is 9.97 Å². The number of imidazole rings is 1. The van der Waals surface area contributed by atoms with Crippen molar-refractivity contribution in [3.8, 4) is 5.75 Å². The molecule has 4 nitrogen and oxygen atoms in total. The molecule has 0 amide bonds. The van der Waals surface area contributed by atoms with Crippen LogP contribution in [0.4, 0.5) is 5.69 Å². The van der Waals surface area contributed by atoms with Crippen molar-refractivity contribution >= 4 is 28.5 Å². The summed E-state index contributed by atoms with van der Waals surface area (Å²) >= 11 is 1.61. The highest BCUT2D eigenvalue weighted by Gasteiger charge is 2.11. The molecule has 0 aliphatic carbocycles. The van der Waals surface area contributed by atoms with E-state index < -0.39 is 0 Å². The molecule has 0 aliphatic heterocycles. The molecule has 1 heterocycles. The number of hydrogen-bond acceptors (Lipinski definition) is 4. The number of fused-ring (bicyclic) bond motifs is 1. The number of ether oxygens (including phenoxy) is 1. The van der Waals surface area contributed by atoms with Crippen molar-refractivity contribution in [2.24, 2.45) is 0 Å². The Balaban J connectivity index is 2.00. The van der Waals surface area contributed by atoms with Gasteiger partial charge >= 0.3 is 0 Å². The summed E-state index contributed by atoms with van der Waals surface area (Å²) in [7, 11) is 1.66. The van der Waals surface area contributed by atoms with E-state index in [1.165, 1.54) is 5.56 Å². The highest BCUT2D eigenvalue weighted by molar-refractivity contribution is 7.99. The van der Waals surface area contributed by atoms with Gasteiger partial charge in [-0.05, 0) is 43.2 Å². The van der Waals surface area contributed by atoms with Crippen LogP contribution in [-0.4, -0.2) is 17.1 Å². The summed E-state index contributed by atoms with van der Waals surface area (Å²) in [5.41, 5.74) is 11.0. The first kappa shape index (κ1) is 13.8. The van der Waals surface area contributed by atoms with Gasteiger partial charge in [-0.25, -0.2) is 4.98 Å². The van der Waals surface area contributed by atoms with Crippen LogP contribution in [0.3, 0.4) is 0 Å². The lowest BCUT2D eigenvalue weighted by Crippen LogP contribution is -1.94. The number of aryl methyl sites for hydroxylation is 1. The summed E-state index contributed by atoms with van der Waals surface area (Å²) in [6, 6.07) is 9.79. The number of H-pyrrole nitrogens is 1. The lowest BCUT2D eigenvalue weighted by molar-refractivity contribution is 0.415. The van der Waals surface area contributed by atoms with Gasteiger partial charge in [0, 0.05) is 16.6 Å². The first-order valence-electron chi connectivity index (χ1n) is 6.66. The van der Waals surface area contributed by atoms with E-state index in [-0.39, 0.29) is 0 Å². The predicted octanol–water partition coefficient (Wildman–Crippen LogP) is 3.92. The van der Waals surface area contributed by atoms with Crippen molar-refractivity contribution in [3.05, 3.63) is 41.5 Å². The molecular formula is C16H17N3OS. The number of hydrogen-bond donors (Lipinski definition) is 2. The second-order valence-corrected chi connectivity index (χ2v) is 5.95. The van der Waals surface area contributed by atoms with Crippen LogP contribution in [0.2, 0.25) is 0 Å². The summed E-state index contributed by atoms with van der Waals surface area (Å²) in [5, 5.41) is 0.857. The van der Waals surface area contributed by atoms with E-state index in [2.05, 4.69) is 16.9 Å². The van der Waals surface area contributed by atoms with Gasteiger partial charge in [-0.3, -0.25) is 0 Å². The van der Waals surface area contributed by atoms with E-state index in [1.54, 1.807) is 18.9 Å². The number of rotatable bonds is 3. The summed E-state index contributed by atoms with van der Waals surface area (Å²) in [5.74, 6) is 0.819. The molecule has 0 unspecified atom stereocenters. The van der Waals surface area contributed by atoms with E-state index in [1.807, 2.05) is 37.3 Å². The minimum absolute atomic E-state index is 0.806. The quantitative estimate of drug-likeness (QED) is 0.719. The molecule has 1 aromatic heterocycles. The maximum Gasteiger partial charge on any atom is 0.171 e. The Hall–Kier alpha value is -2.14. The third kappa shape index (κ3) is 2.56. The number of aromatic nitrogens is 2. The van der Waals surface area contributed by atoms with Gasteiger partial charge in [0.05, 0.1) is 18.1 Å². The molecule has 3 N–H and O–H groups in total. The normalized spacial score (nSPS) is 11.0. The van der Waals surface area contributed by atoms with Gasteiger partial charge in [0.25, 0.3) is 0 Å². The third-order valence-corrected chi connectivity index (χ3v) is 4.73. The molecule has 21 heavy (non-hydrogen) atoms. The topological polar surface area (TPSA) is 63.9 Å². The minimum Gasteiger partial charge on any atom is -0.497 e. The minimum atomic E-state index is 0.806. The maximum absolute atomic E-state index is 6.00. The van der Waals surface area contributed by atoms with Gasteiger partial charge in [0.1, 0.15) is 5.75 Å². The Morgan fingerprint density at radius 2 is 2.00 bits per heavy atom. The Kier molecular flexibility index (Phi) is 3.51. The Morgan fingerprint density at radius 3 is 2.76 bits per heavy atom. The van der Waals surface area contributed by atoms with Crippen LogP contribution in [0.15, 0.2) is 40.4 Å². The molecule has 0 fully saturated rings. The standard InChI is InChI=1S/C16H17N3OS/c1-9-4-6-12(17)10(2)15(9)21-16-18-13-7-5-11(20-3)8-14(13)19-16/h4-8H,17H2,1-3H3,(H,18,19). The van der Waals surface area contributed by atoms with E-state index in [4.69, 9.17) is 10.5 Å². The first-order chi connectivity index (χ1) is 10.1. The summed E-state index contributed by atoms with van der Waals surface area (Å²) in [6.45, 7) is 4.12. The molecular weight excluding hydrogens is 282 g/mol. The highest BCUT2D eigenvalue weighted by Crippen LogP contribution is 2.35. The van der Waals surface area contributed by atoms with Crippen molar-refractivity contribution in [1.29, 1.82) is 0 Å². The highest BCUT2D eigenvalue weighted by atomic mass is 32.2. The van der Waals surface area contributed by atoms with Crippen LogP contribution >= 0.6 is 11.8 Å². The Morgan fingerprint density at radius 1 is 1.19 bits per heavy atom. The van der Waals surface area contributed by atoms with Gasteiger partial charge in [-0.2, -0.15) is 0 Å². The second-order valence-electron chi connectivity index (χ2n) is 4.95. The fourth-order valence-electron chi connectivity index (χ4n) is 2.24. The van der Waals surface area contributed by atoms with Crippen molar-refractivity contribution in [2.45, 2.75) is 23.9 Å². The van der Waals surface area contributed by atoms with Gasteiger partial charge in [-0.1, -0.05) is 17.8 Å². The first-order valence-corrected chi connectivity index (χ1v) is 7.47. The molecule has 2 aromatic carbocycles. The van der Waals surface area contributed by atoms with E-state index in [0.717, 1.165) is 38.1 Å². The fourth-order valence-corrected chi connectivity index (χ4v) is 3.23. The summed E-state index contributed by atoms with van der Waals surface area (Å²) in [4.78, 5) is 9.08. The Labute approximate surface area is 127 Å². The maximum atomic E-state index is 6.00. The third-order valence-electron chi connectivity index (χ3n) is 3.51. The van der Waals surface area contributed by atoms with Gasteiger partial charge < -0.3 is 15.5 Å². The van der Waals surface area contributed by atoms with Crippen molar-refractivity contribution < 1.29 is 4.74 Å². The number of methoxy groups -OCH3 is 1. The Bertz CT molecular complexity index is 811. The van der Waals surface area contributed by atoms with Crippen LogP contribution in [0.25, 0.3) is 11.0 Å². The molecule has 0 atom stereocenters. The number of benzene rings is 2. The molecule has 0 spiro atoms. The predicted molar refractivity (Wildman–Crippen MR) is 87.1 cm³/mol. The molecule has 108 valence electrons. The fraction of sp³-hybridized carbons (Fsp3) is 0.188. The van der Waals surface area contributed by atoms with Gasteiger partial charge in [0.15, 0.2) is 5.16 Å². The van der Waals surface area contributed by atoms with Crippen LogP contribution in [-0.2, 0) is 0 Å². The average Bonchev–Trinajstić information content (AvgIpc) is 2.89. The smallest absolute Gasteiger partial charge is 0.171 e. The molecule has 0 aliphatic rings. The molecule has 0 saturated carbocycles. The summed E-state index contributed by atoms with van der Waals surface area (Å²) < 4.78 is 5.23. The number of nitrogen functional groups attached to an aromatic ring is 1. The zero-order chi connectivity index (χ0) is 15.0.